The molecule has 2 rings (SSSR count). The number of aliphatic imine (C=N–C) groups is 1. The van der Waals surface area contributed by atoms with E-state index in [1.807, 2.05) is 24.3 Å². The predicted molar refractivity (Wildman–Crippen MR) is 113 cm³/mol. The van der Waals surface area contributed by atoms with Gasteiger partial charge in [-0.3, -0.25) is 4.99 Å². The number of benzene rings is 2. The van der Waals surface area contributed by atoms with Crippen molar-refractivity contribution in [3.8, 4) is 5.75 Å². The molecular formula is C24H31F2NO. The minimum absolute atomic E-state index is 0.0259. The van der Waals surface area contributed by atoms with Gasteiger partial charge in [-0.05, 0) is 36.1 Å². The zero-order valence-electron chi connectivity index (χ0n) is 17.0. The zero-order valence-corrected chi connectivity index (χ0v) is 17.0. The first-order valence-electron chi connectivity index (χ1n) is 10.4. The topological polar surface area (TPSA) is 21.6 Å². The van der Waals surface area contributed by atoms with Crippen LogP contribution in [0.4, 0.5) is 14.5 Å². The van der Waals surface area contributed by atoms with Crippen LogP contribution >= 0.6 is 0 Å². The van der Waals surface area contributed by atoms with Crippen LogP contribution in [0.25, 0.3) is 0 Å². The Kier molecular flexibility index (Phi) is 9.67. The first-order valence-corrected chi connectivity index (χ1v) is 10.4. The van der Waals surface area contributed by atoms with Crippen molar-refractivity contribution in [3.63, 3.8) is 0 Å². The lowest BCUT2D eigenvalue weighted by Crippen LogP contribution is -2.01. The minimum Gasteiger partial charge on any atom is -0.490 e. The molecule has 0 atom stereocenters. The molecule has 0 bridgehead atoms. The lowest BCUT2D eigenvalue weighted by molar-refractivity contribution is 0.285. The smallest absolute Gasteiger partial charge is 0.202 e. The van der Waals surface area contributed by atoms with Crippen molar-refractivity contribution in [1.29, 1.82) is 0 Å². The van der Waals surface area contributed by atoms with Crippen molar-refractivity contribution in [2.75, 3.05) is 6.61 Å². The Morgan fingerprint density at radius 1 is 0.821 bits per heavy atom. The molecule has 0 N–H and O–H groups in total. The maximum atomic E-state index is 14.3. The van der Waals surface area contributed by atoms with Crippen LogP contribution in [0.2, 0.25) is 0 Å². The molecule has 0 aliphatic rings. The Hall–Kier alpha value is -2.23. The van der Waals surface area contributed by atoms with E-state index in [9.17, 15) is 8.78 Å². The van der Waals surface area contributed by atoms with Gasteiger partial charge in [0.2, 0.25) is 5.82 Å². The van der Waals surface area contributed by atoms with Crippen LogP contribution in [0.3, 0.4) is 0 Å². The Morgan fingerprint density at radius 3 is 2.25 bits per heavy atom. The molecule has 152 valence electrons. The third kappa shape index (κ3) is 7.06. The maximum Gasteiger partial charge on any atom is 0.202 e. The van der Waals surface area contributed by atoms with E-state index in [4.69, 9.17) is 4.74 Å². The molecule has 2 nitrogen and oxygen atoms in total. The Balaban J connectivity index is 1.90. The predicted octanol–water partition coefficient (Wildman–Crippen LogP) is 7.41. The summed E-state index contributed by atoms with van der Waals surface area (Å²) < 4.78 is 33.9. The number of aryl methyl sites for hydroxylation is 1. The number of hydrogen-bond acceptors (Lipinski definition) is 2. The van der Waals surface area contributed by atoms with Crippen molar-refractivity contribution >= 4 is 11.9 Å². The molecule has 2 aromatic rings. The minimum atomic E-state index is -0.973. The molecule has 0 spiro atoms. The van der Waals surface area contributed by atoms with E-state index in [1.165, 1.54) is 37.0 Å². The second-order valence-electron chi connectivity index (χ2n) is 7.08. The van der Waals surface area contributed by atoms with Crippen molar-refractivity contribution < 1.29 is 13.5 Å². The highest BCUT2D eigenvalue weighted by molar-refractivity contribution is 5.82. The van der Waals surface area contributed by atoms with Crippen molar-refractivity contribution in [2.45, 2.75) is 65.2 Å². The fraction of sp³-hybridized carbons (Fsp3) is 0.458. The molecule has 0 aliphatic heterocycles. The second kappa shape index (κ2) is 12.3. The van der Waals surface area contributed by atoms with E-state index in [0.717, 1.165) is 37.7 Å². The Labute approximate surface area is 167 Å². The molecule has 0 aliphatic carbocycles. The Bertz CT molecular complexity index is 741. The van der Waals surface area contributed by atoms with Crippen LogP contribution in [-0.4, -0.2) is 12.8 Å². The van der Waals surface area contributed by atoms with E-state index in [0.29, 0.717) is 6.61 Å². The molecular weight excluding hydrogens is 356 g/mol. The van der Waals surface area contributed by atoms with Gasteiger partial charge in [0.05, 0.1) is 6.61 Å². The number of halogens is 2. The standard InChI is InChI=1S/C24H31F2NO/c1-3-5-6-7-8-9-17-28-22-16-15-21(23(25)24(22)26)27-18-20-13-11-19(10-4-2)12-14-20/h11-16,18H,3-10,17H2,1-2H3. The van der Waals surface area contributed by atoms with Crippen LogP contribution in [0.5, 0.6) is 5.75 Å². The van der Waals surface area contributed by atoms with Crippen molar-refractivity contribution in [3.05, 3.63) is 59.2 Å². The van der Waals surface area contributed by atoms with Gasteiger partial charge in [0.25, 0.3) is 0 Å². The van der Waals surface area contributed by atoms with Gasteiger partial charge in [-0.15, -0.1) is 0 Å². The molecule has 28 heavy (non-hydrogen) atoms. The molecule has 0 saturated carbocycles. The first kappa shape index (κ1) is 22.1. The molecule has 0 fully saturated rings. The van der Waals surface area contributed by atoms with E-state index in [1.54, 1.807) is 6.21 Å². The number of nitrogens with zero attached hydrogens (tertiary/aromatic N) is 1. The molecule has 0 aromatic heterocycles. The van der Waals surface area contributed by atoms with Gasteiger partial charge in [0, 0.05) is 6.21 Å². The van der Waals surface area contributed by atoms with E-state index in [2.05, 4.69) is 18.8 Å². The fourth-order valence-electron chi connectivity index (χ4n) is 3.00. The summed E-state index contributed by atoms with van der Waals surface area (Å²) in [6, 6.07) is 10.8. The average Bonchev–Trinajstić information content (AvgIpc) is 2.71. The highest BCUT2D eigenvalue weighted by atomic mass is 19.2. The summed E-state index contributed by atoms with van der Waals surface area (Å²) in [4.78, 5) is 4.10. The van der Waals surface area contributed by atoms with Crippen LogP contribution in [-0.2, 0) is 6.42 Å². The lowest BCUT2D eigenvalue weighted by Gasteiger charge is -2.08. The monoisotopic (exact) mass is 387 g/mol. The highest BCUT2D eigenvalue weighted by Gasteiger charge is 2.14. The molecule has 0 unspecified atom stereocenters. The summed E-state index contributed by atoms with van der Waals surface area (Å²) in [7, 11) is 0. The summed E-state index contributed by atoms with van der Waals surface area (Å²) >= 11 is 0. The van der Waals surface area contributed by atoms with Crippen LogP contribution < -0.4 is 4.74 Å². The van der Waals surface area contributed by atoms with Crippen molar-refractivity contribution in [2.24, 2.45) is 4.99 Å². The van der Waals surface area contributed by atoms with E-state index >= 15 is 0 Å². The first-order chi connectivity index (χ1) is 13.7. The third-order valence-corrected chi connectivity index (χ3v) is 4.65. The summed E-state index contributed by atoms with van der Waals surface area (Å²) in [5, 5.41) is 0. The fourth-order valence-corrected chi connectivity index (χ4v) is 3.00. The highest BCUT2D eigenvalue weighted by Crippen LogP contribution is 2.28. The summed E-state index contributed by atoms with van der Waals surface area (Å²) in [6.07, 6.45) is 10.4. The zero-order chi connectivity index (χ0) is 20.2. The molecule has 0 saturated heterocycles. The van der Waals surface area contributed by atoms with Gasteiger partial charge in [0.15, 0.2) is 11.6 Å². The summed E-state index contributed by atoms with van der Waals surface area (Å²) in [6.45, 7) is 4.71. The van der Waals surface area contributed by atoms with Crippen molar-refractivity contribution in [1.82, 2.24) is 0 Å². The number of unbranched alkanes of at least 4 members (excludes halogenated alkanes) is 5. The second-order valence-corrected chi connectivity index (χ2v) is 7.08. The van der Waals surface area contributed by atoms with Gasteiger partial charge >= 0.3 is 0 Å². The van der Waals surface area contributed by atoms with Gasteiger partial charge < -0.3 is 4.74 Å². The van der Waals surface area contributed by atoms with Gasteiger partial charge in [-0.1, -0.05) is 76.6 Å². The molecule has 0 radical (unpaired) electrons. The quantitative estimate of drug-likeness (QED) is 0.274. The molecule has 4 heteroatoms. The molecule has 0 amide bonds. The maximum absolute atomic E-state index is 14.3. The molecule has 0 heterocycles. The van der Waals surface area contributed by atoms with Gasteiger partial charge in [0.1, 0.15) is 5.69 Å². The van der Waals surface area contributed by atoms with Gasteiger partial charge in [-0.2, -0.15) is 4.39 Å². The van der Waals surface area contributed by atoms with Crippen LogP contribution in [0.1, 0.15) is 69.9 Å². The molecule has 2 aromatic carbocycles. The van der Waals surface area contributed by atoms with Crippen LogP contribution in [0.15, 0.2) is 41.4 Å². The normalized spacial score (nSPS) is 11.3. The number of rotatable bonds is 12. The average molecular weight is 388 g/mol. The number of ether oxygens (including phenoxy) is 1. The Morgan fingerprint density at radius 2 is 1.54 bits per heavy atom. The van der Waals surface area contributed by atoms with E-state index in [-0.39, 0.29) is 11.4 Å². The van der Waals surface area contributed by atoms with Crippen LogP contribution in [0, 0.1) is 11.6 Å². The van der Waals surface area contributed by atoms with E-state index < -0.39 is 11.6 Å². The van der Waals surface area contributed by atoms with Gasteiger partial charge in [-0.25, -0.2) is 4.39 Å². The number of hydrogen-bond donors (Lipinski definition) is 0. The largest absolute Gasteiger partial charge is 0.490 e. The lowest BCUT2D eigenvalue weighted by atomic mass is 10.1. The summed E-state index contributed by atoms with van der Waals surface area (Å²) in [5.74, 6) is -1.99. The SMILES string of the molecule is CCCCCCCCOc1ccc(N=Cc2ccc(CCC)cc2)c(F)c1F. The third-order valence-electron chi connectivity index (χ3n) is 4.65. The summed E-state index contributed by atoms with van der Waals surface area (Å²) in [5.41, 5.74) is 2.08.